The van der Waals surface area contributed by atoms with Crippen LogP contribution in [-0.2, 0) is 10.0 Å². The van der Waals surface area contributed by atoms with E-state index in [2.05, 4.69) is 0 Å². The first-order valence-electron chi connectivity index (χ1n) is 6.56. The van der Waals surface area contributed by atoms with Crippen molar-refractivity contribution in [3.8, 4) is 0 Å². The van der Waals surface area contributed by atoms with Gasteiger partial charge in [0.25, 0.3) is 15.9 Å². The van der Waals surface area contributed by atoms with Crippen LogP contribution >= 0.6 is 0 Å². The van der Waals surface area contributed by atoms with E-state index in [1.54, 1.807) is 0 Å². The van der Waals surface area contributed by atoms with Crippen LogP contribution in [0.2, 0.25) is 0 Å². The van der Waals surface area contributed by atoms with E-state index >= 15 is 0 Å². The lowest BCUT2D eigenvalue weighted by Gasteiger charge is -2.14. The zero-order valence-corrected chi connectivity index (χ0v) is 11.9. The van der Waals surface area contributed by atoms with Crippen LogP contribution in [0.15, 0.2) is 23.1 Å². The van der Waals surface area contributed by atoms with Gasteiger partial charge in [-0.3, -0.25) is 4.79 Å². The highest BCUT2D eigenvalue weighted by Crippen LogP contribution is 2.31. The molecule has 0 aliphatic carbocycles. The number of aliphatic hydroxyl groups is 1. The van der Waals surface area contributed by atoms with Crippen LogP contribution in [0.1, 0.15) is 36.0 Å². The Balaban J connectivity index is 2.11. The molecular formula is C13H18N2O4S. The van der Waals surface area contributed by atoms with Crippen LogP contribution in [0.5, 0.6) is 0 Å². The lowest BCUT2D eigenvalue weighted by molar-refractivity contribution is 0.0869. The van der Waals surface area contributed by atoms with Crippen LogP contribution in [0.3, 0.4) is 0 Å². The van der Waals surface area contributed by atoms with Gasteiger partial charge in [0.15, 0.2) is 0 Å². The van der Waals surface area contributed by atoms with Crippen molar-refractivity contribution < 1.29 is 18.3 Å². The Morgan fingerprint density at radius 2 is 1.85 bits per heavy atom. The van der Waals surface area contributed by atoms with Crippen LogP contribution < -0.4 is 5.73 Å². The molecule has 0 atom stereocenters. The minimum Gasteiger partial charge on any atom is -0.399 e. The molecule has 7 heteroatoms. The Kier molecular flexibility index (Phi) is 4.29. The number of carbonyl (C=O) groups is 1. The van der Waals surface area contributed by atoms with Crippen molar-refractivity contribution in [3.05, 3.63) is 23.8 Å². The summed E-state index contributed by atoms with van der Waals surface area (Å²) in [6, 6.07) is 4.26. The topological polar surface area (TPSA) is 101 Å². The molecule has 1 aliphatic heterocycles. The summed E-state index contributed by atoms with van der Waals surface area (Å²) >= 11 is 0. The monoisotopic (exact) mass is 298 g/mol. The van der Waals surface area contributed by atoms with Crippen LogP contribution in [0.25, 0.3) is 0 Å². The predicted octanol–water partition coefficient (Wildman–Crippen LogP) is 0.966. The molecule has 0 aromatic heterocycles. The fourth-order valence-corrected chi connectivity index (χ4v) is 3.83. The first kappa shape index (κ1) is 14.8. The first-order valence-corrected chi connectivity index (χ1v) is 8.00. The molecule has 1 aromatic rings. The molecule has 1 aliphatic rings. The highest BCUT2D eigenvalue weighted by atomic mass is 32.2. The van der Waals surface area contributed by atoms with Gasteiger partial charge in [0, 0.05) is 18.8 Å². The van der Waals surface area contributed by atoms with Crippen molar-refractivity contribution in [3.63, 3.8) is 0 Å². The molecule has 110 valence electrons. The molecule has 1 amide bonds. The number of amides is 1. The Morgan fingerprint density at radius 1 is 1.15 bits per heavy atom. The Bertz CT molecular complexity index is 613. The zero-order chi connectivity index (χ0) is 14.8. The van der Waals surface area contributed by atoms with E-state index in [1.807, 2.05) is 0 Å². The van der Waals surface area contributed by atoms with Gasteiger partial charge in [-0.15, -0.1) is 0 Å². The van der Waals surface area contributed by atoms with Crippen LogP contribution in [-0.4, -0.2) is 36.9 Å². The van der Waals surface area contributed by atoms with Crippen molar-refractivity contribution in [2.24, 2.45) is 0 Å². The van der Waals surface area contributed by atoms with E-state index in [9.17, 15) is 13.2 Å². The summed E-state index contributed by atoms with van der Waals surface area (Å²) in [5.74, 6) is -0.505. The van der Waals surface area contributed by atoms with E-state index in [1.165, 1.54) is 18.2 Å². The summed E-state index contributed by atoms with van der Waals surface area (Å²) in [6.45, 7) is 0.298. The average molecular weight is 298 g/mol. The Labute approximate surface area is 118 Å². The maximum Gasteiger partial charge on any atom is 0.269 e. The maximum atomic E-state index is 12.3. The SMILES string of the molecule is Nc1ccc2c(c1)C(=O)N(CCCCCCO)S2(=O)=O. The molecule has 0 radical (unpaired) electrons. The molecule has 0 saturated carbocycles. The van der Waals surface area contributed by atoms with Gasteiger partial charge in [-0.2, -0.15) is 0 Å². The van der Waals surface area contributed by atoms with Crippen molar-refractivity contribution in [1.29, 1.82) is 0 Å². The summed E-state index contributed by atoms with van der Waals surface area (Å²) in [7, 11) is -3.73. The van der Waals surface area contributed by atoms with E-state index < -0.39 is 15.9 Å². The third-order valence-electron chi connectivity index (χ3n) is 3.30. The molecule has 0 saturated heterocycles. The minimum absolute atomic E-state index is 0.0343. The number of rotatable bonds is 6. The number of benzene rings is 1. The Hall–Kier alpha value is -1.60. The molecule has 0 unspecified atom stereocenters. The second-order valence-electron chi connectivity index (χ2n) is 4.78. The van der Waals surface area contributed by atoms with Crippen molar-refractivity contribution >= 4 is 21.6 Å². The lowest BCUT2D eigenvalue weighted by Crippen LogP contribution is -2.31. The molecule has 0 fully saturated rings. The van der Waals surface area contributed by atoms with Crippen molar-refractivity contribution in [1.82, 2.24) is 4.31 Å². The van der Waals surface area contributed by atoms with Gasteiger partial charge in [0.05, 0.1) is 5.56 Å². The molecule has 0 bridgehead atoms. The second-order valence-corrected chi connectivity index (χ2v) is 6.61. The number of aliphatic hydroxyl groups excluding tert-OH is 1. The van der Waals surface area contributed by atoms with Gasteiger partial charge < -0.3 is 10.8 Å². The maximum absolute atomic E-state index is 12.3. The fourth-order valence-electron chi connectivity index (χ4n) is 2.24. The van der Waals surface area contributed by atoms with Crippen molar-refractivity contribution in [2.75, 3.05) is 18.9 Å². The smallest absolute Gasteiger partial charge is 0.269 e. The number of nitrogen functional groups attached to an aromatic ring is 1. The predicted molar refractivity (Wildman–Crippen MR) is 74.6 cm³/mol. The van der Waals surface area contributed by atoms with Gasteiger partial charge >= 0.3 is 0 Å². The first-order chi connectivity index (χ1) is 9.48. The van der Waals surface area contributed by atoms with E-state index in [0.717, 1.165) is 17.1 Å². The number of hydrogen-bond donors (Lipinski definition) is 2. The summed E-state index contributed by atoms with van der Waals surface area (Å²) in [5.41, 5.74) is 6.12. The number of hydrogen-bond acceptors (Lipinski definition) is 5. The number of fused-ring (bicyclic) bond motifs is 1. The molecule has 1 heterocycles. The quantitative estimate of drug-likeness (QED) is 0.602. The highest BCUT2D eigenvalue weighted by Gasteiger charge is 2.40. The molecule has 3 N–H and O–H groups in total. The largest absolute Gasteiger partial charge is 0.399 e. The molecule has 20 heavy (non-hydrogen) atoms. The average Bonchev–Trinajstić information content (AvgIpc) is 2.58. The lowest BCUT2D eigenvalue weighted by atomic mass is 10.1. The summed E-state index contributed by atoms with van der Waals surface area (Å²) < 4.78 is 25.4. The summed E-state index contributed by atoms with van der Waals surface area (Å²) in [5, 5.41) is 8.67. The number of sulfonamides is 1. The zero-order valence-electron chi connectivity index (χ0n) is 11.1. The van der Waals surface area contributed by atoms with Gasteiger partial charge in [0.1, 0.15) is 4.90 Å². The number of carbonyl (C=O) groups excluding carboxylic acids is 1. The fraction of sp³-hybridized carbons (Fsp3) is 0.462. The number of unbranched alkanes of at least 4 members (excludes halogenated alkanes) is 3. The number of anilines is 1. The third-order valence-corrected chi connectivity index (χ3v) is 5.14. The molecule has 6 nitrogen and oxygen atoms in total. The second kappa shape index (κ2) is 5.80. The van der Waals surface area contributed by atoms with Crippen molar-refractivity contribution in [2.45, 2.75) is 30.6 Å². The van der Waals surface area contributed by atoms with Crippen LogP contribution in [0, 0.1) is 0 Å². The highest BCUT2D eigenvalue weighted by molar-refractivity contribution is 7.90. The summed E-state index contributed by atoms with van der Waals surface area (Å²) in [4.78, 5) is 12.2. The standard InChI is InChI=1S/C13H18N2O4S/c14-10-5-6-12-11(9-10)13(17)15(20(12,18)19)7-3-1-2-4-8-16/h5-6,9,16H,1-4,7-8,14H2. The van der Waals surface area contributed by atoms with Gasteiger partial charge in [-0.1, -0.05) is 12.8 Å². The van der Waals surface area contributed by atoms with Gasteiger partial charge in [-0.05, 0) is 31.0 Å². The normalized spacial score (nSPS) is 16.4. The molecule has 1 aromatic carbocycles. The minimum atomic E-state index is -3.73. The van der Waals surface area contributed by atoms with Gasteiger partial charge in [0.2, 0.25) is 0 Å². The third kappa shape index (κ3) is 2.64. The van der Waals surface area contributed by atoms with E-state index in [4.69, 9.17) is 10.8 Å². The summed E-state index contributed by atoms with van der Waals surface area (Å²) in [6.07, 6.45) is 2.88. The van der Waals surface area contributed by atoms with E-state index in [-0.39, 0.29) is 23.6 Å². The van der Waals surface area contributed by atoms with E-state index in [0.29, 0.717) is 18.5 Å². The van der Waals surface area contributed by atoms with Crippen LogP contribution in [0.4, 0.5) is 5.69 Å². The van der Waals surface area contributed by atoms with Gasteiger partial charge in [-0.25, -0.2) is 12.7 Å². The number of nitrogens with two attached hydrogens (primary N) is 1. The molecule has 2 rings (SSSR count). The Morgan fingerprint density at radius 3 is 2.55 bits per heavy atom. The molecule has 0 spiro atoms. The molecular weight excluding hydrogens is 280 g/mol. The number of nitrogens with zero attached hydrogens (tertiary/aromatic N) is 1.